The number of carbonyl (C=O) groups is 2. The molecule has 1 aliphatic carbocycles. The van der Waals surface area contributed by atoms with Crippen molar-refractivity contribution in [3.05, 3.63) is 47.7 Å². The van der Waals surface area contributed by atoms with Crippen LogP contribution in [0.5, 0.6) is 0 Å². The number of hydrogen-bond acceptors (Lipinski definition) is 3. The van der Waals surface area contributed by atoms with Crippen molar-refractivity contribution in [2.45, 2.75) is 38.5 Å². The SMILES string of the molecule is O=C(OC1=CCCCC1)C1CCCN(C(=O)c2ccccc2)C1. The van der Waals surface area contributed by atoms with Crippen molar-refractivity contribution in [3.63, 3.8) is 0 Å². The molecule has 1 fully saturated rings. The summed E-state index contributed by atoms with van der Waals surface area (Å²) in [6.07, 6.45) is 7.77. The summed E-state index contributed by atoms with van der Waals surface area (Å²) < 4.78 is 5.55. The number of likely N-dealkylation sites (tertiary alicyclic amines) is 1. The number of piperidine rings is 1. The van der Waals surface area contributed by atoms with Gasteiger partial charge in [0.05, 0.1) is 5.92 Å². The summed E-state index contributed by atoms with van der Waals surface area (Å²) in [6, 6.07) is 9.25. The number of ether oxygens (including phenoxy) is 1. The minimum Gasteiger partial charge on any atom is -0.431 e. The predicted molar refractivity (Wildman–Crippen MR) is 87.7 cm³/mol. The fourth-order valence-electron chi connectivity index (χ4n) is 3.23. The van der Waals surface area contributed by atoms with Gasteiger partial charge in [0.1, 0.15) is 5.76 Å². The van der Waals surface area contributed by atoms with Gasteiger partial charge < -0.3 is 9.64 Å². The minimum atomic E-state index is -0.209. The van der Waals surface area contributed by atoms with Crippen molar-refractivity contribution in [3.8, 4) is 0 Å². The molecule has 3 rings (SSSR count). The van der Waals surface area contributed by atoms with Crippen LogP contribution in [0.15, 0.2) is 42.2 Å². The third-order valence-corrected chi connectivity index (χ3v) is 4.54. The van der Waals surface area contributed by atoms with Crippen LogP contribution in [-0.2, 0) is 9.53 Å². The lowest BCUT2D eigenvalue weighted by atomic mass is 9.97. The quantitative estimate of drug-likeness (QED) is 0.802. The number of hydrogen-bond donors (Lipinski definition) is 0. The van der Waals surface area contributed by atoms with Gasteiger partial charge in [-0.1, -0.05) is 18.2 Å². The highest BCUT2D eigenvalue weighted by molar-refractivity contribution is 5.94. The Labute approximate surface area is 137 Å². The minimum absolute atomic E-state index is 0.0000167. The van der Waals surface area contributed by atoms with Crippen LogP contribution in [0.1, 0.15) is 48.9 Å². The third-order valence-electron chi connectivity index (χ3n) is 4.54. The molecule has 1 saturated heterocycles. The summed E-state index contributed by atoms with van der Waals surface area (Å²) in [7, 11) is 0. The van der Waals surface area contributed by atoms with Crippen LogP contribution in [0.4, 0.5) is 0 Å². The predicted octanol–water partition coefficient (Wildman–Crippen LogP) is 3.54. The molecule has 0 bridgehead atoms. The maximum absolute atomic E-state index is 12.5. The van der Waals surface area contributed by atoms with E-state index in [1.807, 2.05) is 36.4 Å². The highest BCUT2D eigenvalue weighted by atomic mass is 16.5. The second-order valence-corrected chi connectivity index (χ2v) is 6.29. The van der Waals surface area contributed by atoms with E-state index in [0.717, 1.165) is 37.9 Å². The summed E-state index contributed by atoms with van der Waals surface area (Å²) in [4.78, 5) is 26.7. The van der Waals surface area contributed by atoms with Gasteiger partial charge in [0, 0.05) is 25.1 Å². The Kier molecular flexibility index (Phi) is 5.11. The van der Waals surface area contributed by atoms with E-state index in [1.165, 1.54) is 6.42 Å². The van der Waals surface area contributed by atoms with Gasteiger partial charge in [0.25, 0.3) is 5.91 Å². The Bertz CT molecular complexity index is 594. The van der Waals surface area contributed by atoms with E-state index in [0.29, 0.717) is 18.7 Å². The summed E-state index contributed by atoms with van der Waals surface area (Å²) >= 11 is 0. The summed E-state index contributed by atoms with van der Waals surface area (Å²) in [5, 5.41) is 0. The zero-order valence-electron chi connectivity index (χ0n) is 13.4. The maximum atomic E-state index is 12.5. The monoisotopic (exact) mass is 313 g/mol. The third kappa shape index (κ3) is 4.01. The van der Waals surface area contributed by atoms with Crippen molar-refractivity contribution in [1.29, 1.82) is 0 Å². The van der Waals surface area contributed by atoms with Crippen LogP contribution in [0.3, 0.4) is 0 Å². The first-order chi connectivity index (χ1) is 11.2. The molecule has 1 aliphatic heterocycles. The average Bonchev–Trinajstić information content (AvgIpc) is 2.63. The largest absolute Gasteiger partial charge is 0.431 e. The van der Waals surface area contributed by atoms with Crippen molar-refractivity contribution in [1.82, 2.24) is 4.90 Å². The van der Waals surface area contributed by atoms with Gasteiger partial charge in [0.2, 0.25) is 0 Å². The first-order valence-corrected chi connectivity index (χ1v) is 8.49. The molecular formula is C19H23NO3. The number of rotatable bonds is 3. The smallest absolute Gasteiger partial charge is 0.315 e. The fraction of sp³-hybridized carbons (Fsp3) is 0.474. The molecule has 0 saturated carbocycles. The molecule has 1 aromatic rings. The number of carbonyl (C=O) groups excluding carboxylic acids is 2. The lowest BCUT2D eigenvalue weighted by molar-refractivity contribution is -0.146. The van der Waals surface area contributed by atoms with Gasteiger partial charge in [-0.25, -0.2) is 0 Å². The second-order valence-electron chi connectivity index (χ2n) is 6.29. The average molecular weight is 313 g/mol. The van der Waals surface area contributed by atoms with Crippen LogP contribution in [-0.4, -0.2) is 29.9 Å². The molecule has 1 aromatic carbocycles. The molecular weight excluding hydrogens is 290 g/mol. The number of benzene rings is 1. The standard InChI is InChI=1S/C19H23NO3/c21-18(15-8-3-1-4-9-15)20-13-7-10-16(14-20)19(22)23-17-11-5-2-6-12-17/h1,3-4,8-9,11,16H,2,5-7,10,12-14H2. The first kappa shape index (κ1) is 15.8. The zero-order chi connectivity index (χ0) is 16.1. The number of allylic oxidation sites excluding steroid dienone is 2. The van der Waals surface area contributed by atoms with E-state index in [2.05, 4.69) is 0 Å². The molecule has 0 aromatic heterocycles. The van der Waals surface area contributed by atoms with E-state index >= 15 is 0 Å². The Balaban J connectivity index is 1.60. The van der Waals surface area contributed by atoms with Crippen LogP contribution >= 0.6 is 0 Å². The van der Waals surface area contributed by atoms with E-state index in [4.69, 9.17) is 4.74 Å². The molecule has 0 N–H and O–H groups in total. The molecule has 1 atom stereocenters. The number of esters is 1. The zero-order valence-corrected chi connectivity index (χ0v) is 13.4. The lowest BCUT2D eigenvalue weighted by Crippen LogP contribution is -2.42. The first-order valence-electron chi connectivity index (χ1n) is 8.49. The molecule has 1 unspecified atom stereocenters. The van der Waals surface area contributed by atoms with E-state index in [-0.39, 0.29) is 17.8 Å². The van der Waals surface area contributed by atoms with E-state index in [9.17, 15) is 9.59 Å². The van der Waals surface area contributed by atoms with Gasteiger partial charge >= 0.3 is 5.97 Å². The van der Waals surface area contributed by atoms with Crippen LogP contribution in [0, 0.1) is 5.92 Å². The van der Waals surface area contributed by atoms with Crippen molar-refractivity contribution in [2.75, 3.05) is 13.1 Å². The van der Waals surface area contributed by atoms with Gasteiger partial charge in [-0.3, -0.25) is 9.59 Å². The number of nitrogens with zero attached hydrogens (tertiary/aromatic N) is 1. The lowest BCUT2D eigenvalue weighted by Gasteiger charge is -2.32. The summed E-state index contributed by atoms with van der Waals surface area (Å²) in [5.41, 5.74) is 0.677. The van der Waals surface area contributed by atoms with Crippen LogP contribution < -0.4 is 0 Å². The highest BCUT2D eigenvalue weighted by Crippen LogP contribution is 2.24. The van der Waals surface area contributed by atoms with Crippen LogP contribution in [0.2, 0.25) is 0 Å². The molecule has 122 valence electrons. The van der Waals surface area contributed by atoms with E-state index < -0.39 is 0 Å². The molecule has 1 amide bonds. The summed E-state index contributed by atoms with van der Waals surface area (Å²) in [6.45, 7) is 1.17. The topological polar surface area (TPSA) is 46.6 Å². The van der Waals surface area contributed by atoms with Gasteiger partial charge in [-0.05, 0) is 50.3 Å². The molecule has 1 heterocycles. The maximum Gasteiger partial charge on any atom is 0.315 e. The molecule has 0 spiro atoms. The van der Waals surface area contributed by atoms with Gasteiger partial charge in [0.15, 0.2) is 0 Å². The Morgan fingerprint density at radius 2 is 1.91 bits per heavy atom. The fourth-order valence-corrected chi connectivity index (χ4v) is 3.23. The second kappa shape index (κ2) is 7.44. The van der Waals surface area contributed by atoms with Crippen molar-refractivity contribution in [2.24, 2.45) is 5.92 Å². The molecule has 4 nitrogen and oxygen atoms in total. The van der Waals surface area contributed by atoms with Gasteiger partial charge in [-0.15, -0.1) is 0 Å². The Hall–Kier alpha value is -2.10. The molecule has 4 heteroatoms. The van der Waals surface area contributed by atoms with E-state index in [1.54, 1.807) is 4.90 Å². The van der Waals surface area contributed by atoms with Crippen LogP contribution in [0.25, 0.3) is 0 Å². The Morgan fingerprint density at radius 1 is 1.09 bits per heavy atom. The molecule has 23 heavy (non-hydrogen) atoms. The number of amides is 1. The summed E-state index contributed by atoms with van der Waals surface area (Å²) in [5.74, 6) is 0.427. The molecule has 2 aliphatic rings. The highest BCUT2D eigenvalue weighted by Gasteiger charge is 2.30. The molecule has 0 radical (unpaired) electrons. The van der Waals surface area contributed by atoms with Crippen molar-refractivity contribution >= 4 is 11.9 Å². The van der Waals surface area contributed by atoms with Crippen molar-refractivity contribution < 1.29 is 14.3 Å². The normalized spacial score (nSPS) is 21.5. The Morgan fingerprint density at radius 3 is 2.65 bits per heavy atom. The van der Waals surface area contributed by atoms with Gasteiger partial charge in [-0.2, -0.15) is 0 Å².